The van der Waals surface area contributed by atoms with Crippen molar-refractivity contribution in [1.82, 2.24) is 14.8 Å². The van der Waals surface area contributed by atoms with Gasteiger partial charge in [-0.25, -0.2) is 0 Å². The van der Waals surface area contributed by atoms with Crippen molar-refractivity contribution in [1.29, 1.82) is 0 Å². The largest absolute Gasteiger partial charge is 0.324 e. The van der Waals surface area contributed by atoms with Crippen molar-refractivity contribution in [2.24, 2.45) is 12.8 Å². The molecule has 0 radical (unpaired) electrons. The van der Waals surface area contributed by atoms with Gasteiger partial charge in [-0.15, -0.1) is 10.2 Å². The van der Waals surface area contributed by atoms with Gasteiger partial charge < -0.3 is 10.3 Å². The number of benzene rings is 1. The molecule has 0 spiro atoms. The highest BCUT2D eigenvalue weighted by molar-refractivity contribution is 9.10. The van der Waals surface area contributed by atoms with Crippen LogP contribution in [0, 0.1) is 0 Å². The zero-order valence-corrected chi connectivity index (χ0v) is 9.90. The molecule has 5 heteroatoms. The van der Waals surface area contributed by atoms with Gasteiger partial charge in [0.2, 0.25) is 0 Å². The lowest BCUT2D eigenvalue weighted by molar-refractivity contribution is 0.796. The maximum Gasteiger partial charge on any atom is 0.164 e. The van der Waals surface area contributed by atoms with Crippen LogP contribution in [0.3, 0.4) is 0 Å². The van der Waals surface area contributed by atoms with E-state index in [0.29, 0.717) is 6.54 Å². The van der Waals surface area contributed by atoms with Gasteiger partial charge in [0.1, 0.15) is 5.82 Å². The predicted octanol–water partition coefficient (Wildman–Crippen LogP) is 1.70. The quantitative estimate of drug-likeness (QED) is 0.901. The number of aromatic nitrogens is 3. The Balaban J connectivity index is 2.55. The zero-order chi connectivity index (χ0) is 10.8. The minimum atomic E-state index is 0.397. The third kappa shape index (κ3) is 1.80. The summed E-state index contributed by atoms with van der Waals surface area (Å²) < 4.78 is 2.91. The molecule has 2 N–H and O–H groups in total. The van der Waals surface area contributed by atoms with Crippen LogP contribution in [0.4, 0.5) is 0 Å². The Bertz CT molecular complexity index is 478. The van der Waals surface area contributed by atoms with Gasteiger partial charge >= 0.3 is 0 Å². The number of rotatable bonds is 2. The van der Waals surface area contributed by atoms with Crippen LogP contribution in [-0.4, -0.2) is 14.8 Å². The molecule has 0 aliphatic carbocycles. The molecule has 2 aromatic rings. The molecule has 0 amide bonds. The SMILES string of the molecule is Cn1c(CN)nnc1-c1ccccc1Br. The normalized spacial score (nSPS) is 10.6. The molecule has 1 aromatic carbocycles. The first kappa shape index (κ1) is 10.3. The summed E-state index contributed by atoms with van der Waals surface area (Å²) in [5, 5.41) is 8.14. The second-order valence-corrected chi connectivity index (χ2v) is 4.04. The zero-order valence-electron chi connectivity index (χ0n) is 8.31. The molecule has 0 aliphatic heterocycles. The number of hydrogen-bond donors (Lipinski definition) is 1. The molecule has 4 nitrogen and oxygen atoms in total. The second kappa shape index (κ2) is 4.12. The molecule has 1 heterocycles. The standard InChI is InChI=1S/C10H11BrN4/c1-15-9(6-12)13-14-10(15)7-4-2-3-5-8(7)11/h2-5H,6,12H2,1H3. The Morgan fingerprint density at radius 2 is 2.07 bits per heavy atom. The highest BCUT2D eigenvalue weighted by Crippen LogP contribution is 2.26. The average Bonchev–Trinajstić information content (AvgIpc) is 2.60. The van der Waals surface area contributed by atoms with Crippen molar-refractivity contribution in [3.8, 4) is 11.4 Å². The fraction of sp³-hybridized carbons (Fsp3) is 0.200. The summed E-state index contributed by atoms with van der Waals surface area (Å²) >= 11 is 3.49. The van der Waals surface area contributed by atoms with Crippen LogP contribution in [-0.2, 0) is 13.6 Å². The van der Waals surface area contributed by atoms with Crippen molar-refractivity contribution in [2.45, 2.75) is 6.54 Å². The van der Waals surface area contributed by atoms with E-state index in [4.69, 9.17) is 5.73 Å². The molecule has 0 aliphatic rings. The molecular formula is C10H11BrN4. The van der Waals surface area contributed by atoms with Gasteiger partial charge in [-0.05, 0) is 6.07 Å². The molecule has 2 rings (SSSR count). The van der Waals surface area contributed by atoms with Crippen LogP contribution >= 0.6 is 15.9 Å². The van der Waals surface area contributed by atoms with Gasteiger partial charge in [-0.1, -0.05) is 34.1 Å². The first-order chi connectivity index (χ1) is 7.24. The summed E-state index contributed by atoms with van der Waals surface area (Å²) in [6.45, 7) is 0.397. The smallest absolute Gasteiger partial charge is 0.164 e. The van der Waals surface area contributed by atoms with Crippen LogP contribution in [0.25, 0.3) is 11.4 Å². The van der Waals surface area contributed by atoms with E-state index in [1.807, 2.05) is 35.9 Å². The summed E-state index contributed by atoms with van der Waals surface area (Å²) in [5.74, 6) is 1.60. The molecule has 0 fully saturated rings. The van der Waals surface area contributed by atoms with Gasteiger partial charge in [0.25, 0.3) is 0 Å². The maximum absolute atomic E-state index is 5.55. The molecule has 78 valence electrons. The summed E-state index contributed by atoms with van der Waals surface area (Å²) in [4.78, 5) is 0. The maximum atomic E-state index is 5.55. The van der Waals surface area contributed by atoms with E-state index in [2.05, 4.69) is 26.1 Å². The van der Waals surface area contributed by atoms with Crippen LogP contribution in [0.2, 0.25) is 0 Å². The van der Waals surface area contributed by atoms with Crippen molar-refractivity contribution < 1.29 is 0 Å². The van der Waals surface area contributed by atoms with Gasteiger partial charge in [-0.2, -0.15) is 0 Å². The van der Waals surface area contributed by atoms with Crippen molar-refractivity contribution >= 4 is 15.9 Å². The van der Waals surface area contributed by atoms with E-state index in [9.17, 15) is 0 Å². The first-order valence-electron chi connectivity index (χ1n) is 4.57. The minimum absolute atomic E-state index is 0.397. The van der Waals surface area contributed by atoms with Crippen molar-refractivity contribution in [2.75, 3.05) is 0 Å². The Labute approximate surface area is 96.3 Å². The Morgan fingerprint density at radius 3 is 2.67 bits per heavy atom. The average molecular weight is 267 g/mol. The Hall–Kier alpha value is -1.20. The van der Waals surface area contributed by atoms with Gasteiger partial charge in [0.05, 0.1) is 6.54 Å². The van der Waals surface area contributed by atoms with E-state index in [1.54, 1.807) is 0 Å². The van der Waals surface area contributed by atoms with Crippen LogP contribution < -0.4 is 5.73 Å². The number of nitrogens with zero attached hydrogens (tertiary/aromatic N) is 3. The number of halogens is 1. The Kier molecular flexibility index (Phi) is 2.83. The van der Waals surface area contributed by atoms with E-state index < -0.39 is 0 Å². The summed E-state index contributed by atoms with van der Waals surface area (Å²) in [5.41, 5.74) is 6.57. The molecule has 0 unspecified atom stereocenters. The molecule has 0 bridgehead atoms. The monoisotopic (exact) mass is 266 g/mol. The number of nitrogens with two attached hydrogens (primary N) is 1. The van der Waals surface area contributed by atoms with Gasteiger partial charge in [0, 0.05) is 17.1 Å². The molecule has 0 atom stereocenters. The molecular weight excluding hydrogens is 256 g/mol. The summed E-state index contributed by atoms with van der Waals surface area (Å²) in [6, 6.07) is 7.91. The fourth-order valence-corrected chi connectivity index (χ4v) is 1.88. The van der Waals surface area contributed by atoms with Crippen LogP contribution in [0.5, 0.6) is 0 Å². The molecule has 1 aromatic heterocycles. The molecule has 0 saturated carbocycles. The van der Waals surface area contributed by atoms with E-state index in [1.165, 1.54) is 0 Å². The van der Waals surface area contributed by atoms with E-state index in [0.717, 1.165) is 21.7 Å². The summed E-state index contributed by atoms with van der Waals surface area (Å²) in [6.07, 6.45) is 0. The summed E-state index contributed by atoms with van der Waals surface area (Å²) in [7, 11) is 1.91. The lowest BCUT2D eigenvalue weighted by Gasteiger charge is -2.04. The third-order valence-electron chi connectivity index (χ3n) is 2.26. The van der Waals surface area contributed by atoms with Crippen LogP contribution in [0.1, 0.15) is 5.82 Å². The Morgan fingerprint density at radius 1 is 1.33 bits per heavy atom. The highest BCUT2D eigenvalue weighted by Gasteiger charge is 2.11. The topological polar surface area (TPSA) is 56.7 Å². The lowest BCUT2D eigenvalue weighted by Crippen LogP contribution is -2.05. The van der Waals surface area contributed by atoms with E-state index >= 15 is 0 Å². The minimum Gasteiger partial charge on any atom is -0.324 e. The van der Waals surface area contributed by atoms with Gasteiger partial charge in [-0.3, -0.25) is 0 Å². The number of hydrogen-bond acceptors (Lipinski definition) is 3. The van der Waals surface area contributed by atoms with E-state index in [-0.39, 0.29) is 0 Å². The van der Waals surface area contributed by atoms with Crippen molar-refractivity contribution in [3.63, 3.8) is 0 Å². The third-order valence-corrected chi connectivity index (χ3v) is 2.95. The molecule has 15 heavy (non-hydrogen) atoms. The fourth-order valence-electron chi connectivity index (χ4n) is 1.42. The van der Waals surface area contributed by atoms with Crippen LogP contribution in [0.15, 0.2) is 28.7 Å². The molecule has 0 saturated heterocycles. The highest BCUT2D eigenvalue weighted by atomic mass is 79.9. The lowest BCUT2D eigenvalue weighted by atomic mass is 10.2. The second-order valence-electron chi connectivity index (χ2n) is 3.18. The predicted molar refractivity (Wildman–Crippen MR) is 62.0 cm³/mol. The first-order valence-corrected chi connectivity index (χ1v) is 5.36. The van der Waals surface area contributed by atoms with Gasteiger partial charge in [0.15, 0.2) is 5.82 Å². The van der Waals surface area contributed by atoms with Crippen molar-refractivity contribution in [3.05, 3.63) is 34.6 Å².